The largest absolute Gasteiger partial charge is 0.396 e. The highest BCUT2D eigenvalue weighted by molar-refractivity contribution is 5.76. The zero-order chi connectivity index (χ0) is 10.7. The van der Waals surface area contributed by atoms with Gasteiger partial charge in [0.05, 0.1) is 6.67 Å². The van der Waals surface area contributed by atoms with Gasteiger partial charge in [-0.15, -0.1) is 0 Å². The summed E-state index contributed by atoms with van der Waals surface area (Å²) in [6.45, 7) is 4.37. The maximum absolute atomic E-state index is 11.1. The summed E-state index contributed by atoms with van der Waals surface area (Å²) < 4.78 is 0. The molecule has 1 aliphatic rings. The van der Waals surface area contributed by atoms with Crippen molar-refractivity contribution in [2.75, 3.05) is 26.4 Å². The summed E-state index contributed by atoms with van der Waals surface area (Å²) >= 11 is 0. The third-order valence-corrected chi connectivity index (χ3v) is 2.45. The molecule has 0 radical (unpaired) electrons. The minimum absolute atomic E-state index is 0.00750. The summed E-state index contributed by atoms with van der Waals surface area (Å²) in [4.78, 5) is 25.4. The minimum atomic E-state index is -0.0607. The zero-order valence-electron chi connectivity index (χ0n) is 8.56. The van der Waals surface area contributed by atoms with E-state index in [9.17, 15) is 9.59 Å². The van der Waals surface area contributed by atoms with Crippen molar-refractivity contribution < 1.29 is 14.7 Å². The van der Waals surface area contributed by atoms with Crippen molar-refractivity contribution in [1.29, 1.82) is 0 Å². The first-order chi connectivity index (χ1) is 6.54. The van der Waals surface area contributed by atoms with E-state index in [-0.39, 0.29) is 24.3 Å². The lowest BCUT2D eigenvalue weighted by Crippen LogP contribution is -2.53. The molecule has 1 fully saturated rings. The predicted molar refractivity (Wildman–Crippen MR) is 50.2 cm³/mol. The van der Waals surface area contributed by atoms with E-state index in [0.717, 1.165) is 0 Å². The number of nitrogens with zero attached hydrogens (tertiary/aromatic N) is 2. The quantitative estimate of drug-likeness (QED) is 0.606. The van der Waals surface area contributed by atoms with Gasteiger partial charge in [-0.25, -0.2) is 0 Å². The van der Waals surface area contributed by atoms with Crippen LogP contribution < -0.4 is 0 Å². The van der Waals surface area contributed by atoms with Gasteiger partial charge in [-0.3, -0.25) is 9.59 Å². The number of hydrogen-bond donors (Lipinski definition) is 1. The van der Waals surface area contributed by atoms with Gasteiger partial charge in [0.1, 0.15) is 0 Å². The van der Waals surface area contributed by atoms with Gasteiger partial charge in [-0.1, -0.05) is 0 Å². The fourth-order valence-electron chi connectivity index (χ4n) is 1.57. The van der Waals surface area contributed by atoms with Gasteiger partial charge in [-0.05, 0) is 0 Å². The molecule has 80 valence electrons. The fourth-order valence-corrected chi connectivity index (χ4v) is 1.57. The number of amides is 2. The van der Waals surface area contributed by atoms with E-state index in [1.807, 2.05) is 0 Å². The second-order valence-corrected chi connectivity index (χ2v) is 3.67. The summed E-state index contributed by atoms with van der Waals surface area (Å²) in [7, 11) is 0. The minimum Gasteiger partial charge on any atom is -0.396 e. The van der Waals surface area contributed by atoms with E-state index < -0.39 is 0 Å². The summed E-state index contributed by atoms with van der Waals surface area (Å²) in [6.07, 6.45) is 0. The molecule has 0 atom stereocenters. The Morgan fingerprint density at radius 2 is 1.64 bits per heavy atom. The van der Waals surface area contributed by atoms with Gasteiger partial charge < -0.3 is 14.9 Å². The van der Waals surface area contributed by atoms with Crippen LogP contribution in [-0.2, 0) is 9.59 Å². The third-order valence-electron chi connectivity index (χ3n) is 2.45. The fraction of sp³-hybridized carbons (Fsp3) is 0.778. The van der Waals surface area contributed by atoms with Gasteiger partial charge in [0.25, 0.3) is 0 Å². The van der Waals surface area contributed by atoms with Gasteiger partial charge in [-0.2, -0.15) is 0 Å². The molecule has 1 aliphatic heterocycles. The molecular formula is C9H16N2O3. The molecule has 0 aromatic carbocycles. The second kappa shape index (κ2) is 4.41. The first kappa shape index (κ1) is 11.0. The molecule has 0 saturated carbocycles. The highest BCUT2D eigenvalue weighted by Crippen LogP contribution is 2.12. The van der Waals surface area contributed by atoms with Crippen molar-refractivity contribution in [3.63, 3.8) is 0 Å². The van der Waals surface area contributed by atoms with Crippen molar-refractivity contribution in [2.24, 2.45) is 5.92 Å². The molecule has 1 rings (SSSR count). The molecule has 0 bridgehead atoms. The number of rotatable bonds is 1. The molecule has 1 heterocycles. The number of aliphatic hydroxyl groups excluding tert-OH is 1. The van der Waals surface area contributed by atoms with Crippen LogP contribution >= 0.6 is 0 Å². The summed E-state index contributed by atoms with van der Waals surface area (Å²) in [5, 5.41) is 9.01. The molecular weight excluding hydrogens is 184 g/mol. The average molecular weight is 200 g/mol. The van der Waals surface area contributed by atoms with Crippen molar-refractivity contribution in [3.05, 3.63) is 0 Å². The lowest BCUT2D eigenvalue weighted by Gasteiger charge is -2.38. The standard InChI is InChI=1S/C9H16N2O3/c1-7(13)10-3-9(5-12)4-11(6-10)8(2)14/h9,12H,3-6H2,1-2H3. The molecule has 1 N–H and O–H groups in total. The molecule has 0 spiro atoms. The number of aliphatic hydroxyl groups is 1. The van der Waals surface area contributed by atoms with Crippen LogP contribution in [0.1, 0.15) is 13.8 Å². The van der Waals surface area contributed by atoms with E-state index in [1.54, 1.807) is 9.80 Å². The third kappa shape index (κ3) is 2.45. The Hall–Kier alpha value is -1.10. The topological polar surface area (TPSA) is 60.9 Å². The van der Waals surface area contributed by atoms with E-state index in [0.29, 0.717) is 19.8 Å². The van der Waals surface area contributed by atoms with Crippen LogP contribution in [0.3, 0.4) is 0 Å². The molecule has 0 aliphatic carbocycles. The Morgan fingerprint density at radius 1 is 1.21 bits per heavy atom. The first-order valence-electron chi connectivity index (χ1n) is 4.66. The molecule has 5 heteroatoms. The predicted octanol–water partition coefficient (Wildman–Crippen LogP) is -0.737. The molecule has 0 unspecified atom stereocenters. The Bertz CT molecular complexity index is 220. The highest BCUT2D eigenvalue weighted by atomic mass is 16.3. The van der Waals surface area contributed by atoms with Crippen molar-refractivity contribution in [1.82, 2.24) is 9.80 Å². The molecule has 2 amide bonds. The van der Waals surface area contributed by atoms with Gasteiger partial charge in [0.15, 0.2) is 0 Å². The maximum Gasteiger partial charge on any atom is 0.220 e. The first-order valence-corrected chi connectivity index (χ1v) is 4.66. The molecule has 5 nitrogen and oxygen atoms in total. The molecule has 14 heavy (non-hydrogen) atoms. The van der Waals surface area contributed by atoms with Crippen molar-refractivity contribution >= 4 is 11.8 Å². The Morgan fingerprint density at radius 3 is 1.93 bits per heavy atom. The number of hydrogen-bond acceptors (Lipinski definition) is 3. The smallest absolute Gasteiger partial charge is 0.220 e. The monoisotopic (exact) mass is 200 g/mol. The lowest BCUT2D eigenvalue weighted by atomic mass is 10.1. The summed E-state index contributed by atoms with van der Waals surface area (Å²) in [6, 6.07) is 0. The average Bonchev–Trinajstić information content (AvgIpc) is 2.16. The summed E-state index contributed by atoms with van der Waals surface area (Å²) in [5.41, 5.74) is 0. The van der Waals surface area contributed by atoms with Crippen LogP contribution in [0.2, 0.25) is 0 Å². The van der Waals surface area contributed by atoms with Crippen LogP contribution in [0.5, 0.6) is 0 Å². The van der Waals surface area contributed by atoms with Crippen molar-refractivity contribution in [2.45, 2.75) is 13.8 Å². The van der Waals surface area contributed by atoms with E-state index in [4.69, 9.17) is 5.11 Å². The second-order valence-electron chi connectivity index (χ2n) is 3.67. The van der Waals surface area contributed by atoms with Crippen LogP contribution in [0, 0.1) is 5.92 Å². The van der Waals surface area contributed by atoms with Crippen LogP contribution in [0.4, 0.5) is 0 Å². The molecule has 0 aromatic heterocycles. The number of carbonyl (C=O) groups excluding carboxylic acids is 2. The van der Waals surface area contributed by atoms with Crippen molar-refractivity contribution in [3.8, 4) is 0 Å². The van der Waals surface area contributed by atoms with Gasteiger partial charge in [0.2, 0.25) is 11.8 Å². The Balaban J connectivity index is 2.66. The molecule has 0 aromatic rings. The van der Waals surface area contributed by atoms with Crippen LogP contribution in [0.15, 0.2) is 0 Å². The van der Waals surface area contributed by atoms with E-state index in [1.165, 1.54) is 13.8 Å². The van der Waals surface area contributed by atoms with Crippen LogP contribution in [0.25, 0.3) is 0 Å². The maximum atomic E-state index is 11.1. The van der Waals surface area contributed by atoms with Gasteiger partial charge >= 0.3 is 0 Å². The zero-order valence-corrected chi connectivity index (χ0v) is 8.56. The highest BCUT2D eigenvalue weighted by Gasteiger charge is 2.27. The summed E-state index contributed by atoms with van der Waals surface area (Å²) in [5.74, 6) is -0.139. The van der Waals surface area contributed by atoms with E-state index >= 15 is 0 Å². The van der Waals surface area contributed by atoms with Crippen LogP contribution in [-0.4, -0.2) is 53.1 Å². The molecule has 1 saturated heterocycles. The lowest BCUT2D eigenvalue weighted by molar-refractivity contribution is -0.143. The van der Waals surface area contributed by atoms with Gasteiger partial charge in [0, 0.05) is 39.5 Å². The number of carbonyl (C=O) groups is 2. The Kier molecular flexibility index (Phi) is 3.46. The Labute approximate surface area is 83.3 Å². The normalized spacial score (nSPS) is 18.5. The SMILES string of the molecule is CC(=O)N1CC(CO)CN(C(C)=O)C1. The van der Waals surface area contributed by atoms with E-state index in [2.05, 4.69) is 0 Å².